The molecule has 0 aliphatic heterocycles. The highest BCUT2D eigenvalue weighted by atomic mass is 19.1. The average molecular weight is 330 g/mol. The Labute approximate surface area is 141 Å². The normalized spacial score (nSPS) is 10.7. The van der Waals surface area contributed by atoms with E-state index >= 15 is 0 Å². The van der Waals surface area contributed by atoms with Gasteiger partial charge in [-0.2, -0.15) is 0 Å². The van der Waals surface area contributed by atoms with Crippen molar-refractivity contribution in [3.63, 3.8) is 0 Å². The zero-order valence-corrected chi connectivity index (χ0v) is 14.3. The lowest BCUT2D eigenvalue weighted by Crippen LogP contribution is -2.25. The van der Waals surface area contributed by atoms with Crippen LogP contribution in [0, 0.1) is 18.7 Å². The van der Waals surface area contributed by atoms with Crippen LogP contribution in [0.2, 0.25) is 0 Å². The van der Waals surface area contributed by atoms with Gasteiger partial charge in [0.25, 0.3) is 5.91 Å². The second-order valence-corrected chi connectivity index (χ2v) is 6.07. The van der Waals surface area contributed by atoms with Crippen LogP contribution in [-0.2, 0) is 6.54 Å². The summed E-state index contributed by atoms with van der Waals surface area (Å²) in [6, 6.07) is 7.97. The van der Waals surface area contributed by atoms with Crippen LogP contribution in [0.15, 0.2) is 30.3 Å². The fourth-order valence-electron chi connectivity index (χ4n) is 2.17. The number of nitrogens with one attached hydrogen (secondary N) is 2. The minimum Gasteiger partial charge on any atom is -0.370 e. The average Bonchev–Trinajstić information content (AvgIpc) is 2.53. The number of hydrogen-bond donors (Lipinski definition) is 2. The summed E-state index contributed by atoms with van der Waals surface area (Å²) < 4.78 is 13.6. The maximum absolute atomic E-state index is 13.6. The third-order valence-corrected chi connectivity index (χ3v) is 3.50. The van der Waals surface area contributed by atoms with E-state index in [1.165, 1.54) is 6.07 Å². The van der Waals surface area contributed by atoms with E-state index in [2.05, 4.69) is 34.4 Å². The lowest BCUT2D eigenvalue weighted by molar-refractivity contribution is 0.0945. The highest BCUT2D eigenvalue weighted by molar-refractivity contribution is 5.92. The Kier molecular flexibility index (Phi) is 6.23. The number of hydrogen-bond acceptors (Lipinski definition) is 4. The number of aryl methyl sites for hydroxylation is 1. The number of anilines is 1. The van der Waals surface area contributed by atoms with Gasteiger partial charge in [-0.05, 0) is 25.3 Å². The first-order chi connectivity index (χ1) is 11.5. The maximum atomic E-state index is 13.6. The van der Waals surface area contributed by atoms with E-state index in [4.69, 9.17) is 0 Å². The molecule has 0 fully saturated rings. The van der Waals surface area contributed by atoms with Crippen LogP contribution in [0.4, 0.5) is 10.2 Å². The van der Waals surface area contributed by atoms with Crippen LogP contribution in [-0.4, -0.2) is 22.4 Å². The molecule has 0 unspecified atom stereocenters. The largest absolute Gasteiger partial charge is 0.370 e. The first-order valence-corrected chi connectivity index (χ1v) is 8.07. The molecule has 0 spiro atoms. The molecular weight excluding hydrogens is 307 g/mol. The van der Waals surface area contributed by atoms with Gasteiger partial charge in [-0.1, -0.05) is 32.0 Å². The summed E-state index contributed by atoms with van der Waals surface area (Å²) in [5.74, 6) is 1.03. The second-order valence-electron chi connectivity index (χ2n) is 6.07. The van der Waals surface area contributed by atoms with Crippen LogP contribution >= 0.6 is 0 Å². The lowest BCUT2D eigenvalue weighted by Gasteiger charge is -2.10. The molecule has 24 heavy (non-hydrogen) atoms. The predicted octanol–water partition coefficient (Wildman–Crippen LogP) is 3.31. The Morgan fingerprint density at radius 3 is 2.71 bits per heavy atom. The molecule has 5 nitrogen and oxygen atoms in total. The van der Waals surface area contributed by atoms with Crippen molar-refractivity contribution in [3.05, 3.63) is 53.2 Å². The lowest BCUT2D eigenvalue weighted by atomic mass is 10.1. The van der Waals surface area contributed by atoms with Gasteiger partial charge >= 0.3 is 0 Å². The molecule has 0 saturated carbocycles. The zero-order chi connectivity index (χ0) is 17.5. The molecule has 0 aliphatic rings. The number of benzene rings is 1. The number of amides is 1. The van der Waals surface area contributed by atoms with E-state index in [-0.39, 0.29) is 24.0 Å². The molecule has 2 aromatic rings. The minimum absolute atomic E-state index is 0.116. The zero-order valence-electron chi connectivity index (χ0n) is 14.3. The van der Waals surface area contributed by atoms with Crippen LogP contribution in [0.3, 0.4) is 0 Å². The summed E-state index contributed by atoms with van der Waals surface area (Å²) in [5.41, 5.74) is 0.706. The molecule has 0 bridgehead atoms. The van der Waals surface area contributed by atoms with Crippen molar-refractivity contribution in [2.45, 2.75) is 33.7 Å². The maximum Gasteiger partial charge on any atom is 0.270 e. The number of carbonyl (C=O) groups excluding carboxylic acids is 1. The number of rotatable bonds is 7. The molecule has 6 heteroatoms. The first-order valence-electron chi connectivity index (χ1n) is 8.07. The van der Waals surface area contributed by atoms with E-state index in [1.807, 2.05) is 0 Å². The van der Waals surface area contributed by atoms with Gasteiger partial charge in [0.2, 0.25) is 0 Å². The third-order valence-electron chi connectivity index (χ3n) is 3.50. The Balaban J connectivity index is 2.00. The highest BCUT2D eigenvalue weighted by Gasteiger charge is 2.11. The smallest absolute Gasteiger partial charge is 0.270 e. The summed E-state index contributed by atoms with van der Waals surface area (Å²) in [6.07, 6.45) is 1.01. The number of aromatic nitrogens is 2. The van der Waals surface area contributed by atoms with Crippen LogP contribution in [0.25, 0.3) is 0 Å². The molecule has 0 atom stereocenters. The Bertz CT molecular complexity index is 703. The van der Waals surface area contributed by atoms with Crippen molar-refractivity contribution >= 4 is 11.7 Å². The standard InChI is InChI=1S/C18H23FN4O/c1-12(2)8-9-20-17-10-16(22-13(3)23-17)18(24)21-11-14-6-4-5-7-15(14)19/h4-7,10,12H,8-9,11H2,1-3H3,(H,21,24)(H,20,22,23). The summed E-state index contributed by atoms with van der Waals surface area (Å²) in [5, 5.41) is 5.89. The molecule has 0 saturated heterocycles. The summed E-state index contributed by atoms with van der Waals surface area (Å²) in [7, 11) is 0. The van der Waals surface area contributed by atoms with Gasteiger partial charge in [-0.25, -0.2) is 14.4 Å². The Hall–Kier alpha value is -2.50. The van der Waals surface area contributed by atoms with E-state index in [1.54, 1.807) is 31.2 Å². The van der Waals surface area contributed by atoms with Crippen molar-refractivity contribution in [1.29, 1.82) is 0 Å². The van der Waals surface area contributed by atoms with Gasteiger partial charge in [0.15, 0.2) is 0 Å². The molecule has 0 radical (unpaired) electrons. The van der Waals surface area contributed by atoms with Gasteiger partial charge in [0, 0.05) is 24.7 Å². The van der Waals surface area contributed by atoms with E-state index < -0.39 is 0 Å². The number of halogens is 1. The molecule has 0 aliphatic carbocycles. The number of nitrogens with zero attached hydrogens (tertiary/aromatic N) is 2. The van der Waals surface area contributed by atoms with E-state index in [0.717, 1.165) is 13.0 Å². The van der Waals surface area contributed by atoms with Crippen molar-refractivity contribution in [2.75, 3.05) is 11.9 Å². The second kappa shape index (κ2) is 8.38. The topological polar surface area (TPSA) is 66.9 Å². The SMILES string of the molecule is Cc1nc(NCCC(C)C)cc(C(=O)NCc2ccccc2F)n1. The molecule has 1 heterocycles. The quantitative estimate of drug-likeness (QED) is 0.817. The van der Waals surface area contributed by atoms with E-state index in [0.29, 0.717) is 23.1 Å². The third kappa shape index (κ3) is 5.30. The molecule has 2 rings (SSSR count). The van der Waals surface area contributed by atoms with Crippen molar-refractivity contribution < 1.29 is 9.18 Å². The predicted molar refractivity (Wildman–Crippen MR) is 92.3 cm³/mol. The van der Waals surface area contributed by atoms with Gasteiger partial charge in [0.05, 0.1) is 0 Å². The first kappa shape index (κ1) is 17.8. The Morgan fingerprint density at radius 2 is 2.00 bits per heavy atom. The van der Waals surface area contributed by atoms with Crippen molar-refractivity contribution in [1.82, 2.24) is 15.3 Å². The molecule has 128 valence electrons. The Morgan fingerprint density at radius 1 is 1.25 bits per heavy atom. The fourth-order valence-corrected chi connectivity index (χ4v) is 2.17. The molecule has 2 N–H and O–H groups in total. The molecule has 1 aromatic carbocycles. The molecular formula is C18H23FN4O. The van der Waals surface area contributed by atoms with E-state index in [9.17, 15) is 9.18 Å². The van der Waals surface area contributed by atoms with Crippen LogP contribution < -0.4 is 10.6 Å². The minimum atomic E-state index is -0.351. The molecule has 1 aromatic heterocycles. The van der Waals surface area contributed by atoms with Gasteiger partial charge in [-0.3, -0.25) is 4.79 Å². The van der Waals surface area contributed by atoms with Gasteiger partial charge < -0.3 is 10.6 Å². The number of carbonyl (C=O) groups is 1. The van der Waals surface area contributed by atoms with Crippen LogP contribution in [0.1, 0.15) is 42.1 Å². The summed E-state index contributed by atoms with van der Waals surface area (Å²) in [6.45, 7) is 6.93. The summed E-state index contributed by atoms with van der Waals surface area (Å²) in [4.78, 5) is 20.7. The van der Waals surface area contributed by atoms with Crippen molar-refractivity contribution in [3.8, 4) is 0 Å². The summed E-state index contributed by atoms with van der Waals surface area (Å²) >= 11 is 0. The fraction of sp³-hybridized carbons (Fsp3) is 0.389. The van der Waals surface area contributed by atoms with Crippen molar-refractivity contribution in [2.24, 2.45) is 5.92 Å². The monoisotopic (exact) mass is 330 g/mol. The highest BCUT2D eigenvalue weighted by Crippen LogP contribution is 2.10. The van der Waals surface area contributed by atoms with Gasteiger partial charge in [-0.15, -0.1) is 0 Å². The van der Waals surface area contributed by atoms with Gasteiger partial charge in [0.1, 0.15) is 23.2 Å². The van der Waals surface area contributed by atoms with Crippen LogP contribution in [0.5, 0.6) is 0 Å². The molecule has 1 amide bonds.